The first-order chi connectivity index (χ1) is 6.33. The summed E-state index contributed by atoms with van der Waals surface area (Å²) in [7, 11) is 1.95. The second-order valence-corrected chi connectivity index (χ2v) is 3.77. The van der Waals surface area contributed by atoms with Crippen LogP contribution in [0.5, 0.6) is 0 Å². The Bertz CT molecular complexity index is 467. The average molecular weight is 320 g/mol. The molecule has 0 spiro atoms. The van der Waals surface area contributed by atoms with E-state index in [1.54, 1.807) is 11.3 Å². The van der Waals surface area contributed by atoms with Crippen LogP contribution in [0.2, 0.25) is 0 Å². The quantitative estimate of drug-likeness (QED) is 0.225. The summed E-state index contributed by atoms with van der Waals surface area (Å²) in [6.07, 6.45) is 1.45. The van der Waals surface area contributed by atoms with Crippen molar-refractivity contribution in [3.05, 3.63) is 29.3 Å². The molecular weight excluding hydrogens is 311 g/mol. The van der Waals surface area contributed by atoms with Crippen LogP contribution in [0, 0.1) is 0 Å². The first kappa shape index (κ1) is 11.4. The molecule has 1 heterocycles. The minimum absolute atomic E-state index is 0. The summed E-state index contributed by atoms with van der Waals surface area (Å²) in [6, 6.07) is 8.09. The van der Waals surface area contributed by atoms with E-state index in [2.05, 4.69) is 11.2 Å². The van der Waals surface area contributed by atoms with Crippen molar-refractivity contribution in [1.82, 2.24) is 0 Å². The number of hydrogen-bond donors (Lipinski definition) is 1. The van der Waals surface area contributed by atoms with Crippen molar-refractivity contribution in [3.8, 4) is 0 Å². The van der Waals surface area contributed by atoms with Crippen molar-refractivity contribution in [2.75, 3.05) is 0 Å². The van der Waals surface area contributed by atoms with Gasteiger partial charge in [0.2, 0.25) is 5.52 Å². The van der Waals surface area contributed by atoms with Crippen LogP contribution in [0.25, 0.3) is 10.2 Å². The molecule has 5 heteroatoms. The van der Waals surface area contributed by atoms with Gasteiger partial charge in [-0.1, -0.05) is 28.6 Å². The topological polar surface area (TPSA) is 36.5 Å². The molecule has 1 N–H and O–H groups in total. The maximum absolute atomic E-state index is 8.43. The van der Waals surface area contributed by atoms with Gasteiger partial charge >= 0.3 is 0 Å². The van der Waals surface area contributed by atoms with Crippen LogP contribution in [-0.4, -0.2) is 11.4 Å². The predicted molar refractivity (Wildman–Crippen MR) is 52.4 cm³/mol. The zero-order valence-corrected chi connectivity index (χ0v) is 10.5. The van der Waals surface area contributed by atoms with Crippen molar-refractivity contribution in [2.24, 2.45) is 12.2 Å². The highest BCUT2D eigenvalue weighted by molar-refractivity contribution is 7.19. The first-order valence-electron chi connectivity index (χ1n) is 3.88. The summed E-state index contributed by atoms with van der Waals surface area (Å²) in [6.45, 7) is 0. The molecule has 0 amide bonds. The van der Waals surface area contributed by atoms with Crippen LogP contribution in [-0.2, 0) is 7.05 Å². The molecule has 0 aliphatic heterocycles. The Morgan fingerprint density at radius 2 is 2.14 bits per heavy atom. The lowest BCUT2D eigenvalue weighted by molar-refractivity contribution is -0.641. The molecule has 74 valence electrons. The van der Waals surface area contributed by atoms with Crippen molar-refractivity contribution < 1.29 is 33.8 Å². The van der Waals surface area contributed by atoms with E-state index < -0.39 is 0 Å². The molecule has 0 saturated heterocycles. The second kappa shape index (κ2) is 4.70. The Kier molecular flexibility index (Phi) is 3.82. The number of rotatable bonds is 1. The van der Waals surface area contributed by atoms with E-state index in [1.165, 1.54) is 10.9 Å². The Morgan fingerprint density at radius 1 is 1.43 bits per heavy atom. The SMILES string of the molecule is C[n+]1c(/C=N/O)sc2ccccc21.[I-]. The number of oxime groups is 1. The van der Waals surface area contributed by atoms with Crippen LogP contribution in [0.3, 0.4) is 0 Å². The molecule has 14 heavy (non-hydrogen) atoms. The van der Waals surface area contributed by atoms with Crippen LogP contribution in [0.1, 0.15) is 5.01 Å². The Labute approximate surface area is 103 Å². The van der Waals surface area contributed by atoms with Crippen molar-refractivity contribution in [2.45, 2.75) is 0 Å². The van der Waals surface area contributed by atoms with E-state index in [-0.39, 0.29) is 24.0 Å². The predicted octanol–water partition coefficient (Wildman–Crippen LogP) is -1.46. The third-order valence-corrected chi connectivity index (χ3v) is 3.09. The van der Waals surface area contributed by atoms with Gasteiger partial charge in [-0.2, -0.15) is 4.57 Å². The maximum atomic E-state index is 8.43. The molecule has 0 atom stereocenters. The van der Waals surface area contributed by atoms with E-state index in [0.29, 0.717) is 0 Å². The number of halogens is 1. The highest BCUT2D eigenvalue weighted by atomic mass is 127. The fraction of sp³-hybridized carbons (Fsp3) is 0.111. The highest BCUT2D eigenvalue weighted by Crippen LogP contribution is 2.17. The summed E-state index contributed by atoms with van der Waals surface area (Å²) >= 11 is 1.60. The summed E-state index contributed by atoms with van der Waals surface area (Å²) in [5.41, 5.74) is 1.16. The lowest BCUT2D eigenvalue weighted by Crippen LogP contribution is -3.00. The smallest absolute Gasteiger partial charge is 0.284 e. The molecule has 1 aromatic carbocycles. The average Bonchev–Trinajstić information content (AvgIpc) is 2.46. The van der Waals surface area contributed by atoms with E-state index in [1.807, 2.05) is 29.8 Å². The van der Waals surface area contributed by atoms with E-state index in [9.17, 15) is 0 Å². The Balaban J connectivity index is 0.000000980. The fourth-order valence-corrected chi connectivity index (χ4v) is 2.30. The number of benzene rings is 1. The molecule has 0 saturated carbocycles. The monoisotopic (exact) mass is 320 g/mol. The van der Waals surface area contributed by atoms with Crippen molar-refractivity contribution in [3.63, 3.8) is 0 Å². The highest BCUT2D eigenvalue weighted by Gasteiger charge is 2.13. The number of fused-ring (bicyclic) bond motifs is 1. The van der Waals surface area contributed by atoms with Crippen LogP contribution in [0.4, 0.5) is 0 Å². The summed E-state index contributed by atoms with van der Waals surface area (Å²) in [5.74, 6) is 0. The number of aryl methyl sites for hydroxylation is 1. The summed E-state index contributed by atoms with van der Waals surface area (Å²) in [4.78, 5) is 0. The van der Waals surface area contributed by atoms with E-state index in [4.69, 9.17) is 5.21 Å². The van der Waals surface area contributed by atoms with Crippen molar-refractivity contribution >= 4 is 27.8 Å². The van der Waals surface area contributed by atoms with Crippen LogP contribution >= 0.6 is 11.3 Å². The van der Waals surface area contributed by atoms with E-state index >= 15 is 0 Å². The molecule has 2 aromatic rings. The fourth-order valence-electron chi connectivity index (χ4n) is 1.28. The zero-order chi connectivity index (χ0) is 9.26. The van der Waals surface area contributed by atoms with Gasteiger partial charge in [-0.05, 0) is 6.07 Å². The Morgan fingerprint density at radius 3 is 2.79 bits per heavy atom. The molecule has 0 radical (unpaired) electrons. The molecule has 0 bridgehead atoms. The van der Waals surface area contributed by atoms with Crippen molar-refractivity contribution in [1.29, 1.82) is 0 Å². The number of nitrogens with zero attached hydrogens (tertiary/aromatic N) is 2. The molecule has 2 rings (SSSR count). The standard InChI is InChI=1S/C9H8N2OS.HI/c1-11-7-4-2-3-5-8(7)13-9(11)6-10-12;/h2-6H,1H3;1H. The number of thiazole rings is 1. The third-order valence-electron chi connectivity index (χ3n) is 1.94. The van der Waals surface area contributed by atoms with E-state index in [0.717, 1.165) is 10.5 Å². The third kappa shape index (κ3) is 1.88. The molecule has 0 fully saturated rings. The van der Waals surface area contributed by atoms with Crippen LogP contribution < -0.4 is 28.5 Å². The van der Waals surface area contributed by atoms with Gasteiger partial charge in [-0.3, -0.25) is 0 Å². The molecule has 1 aromatic heterocycles. The largest absolute Gasteiger partial charge is 1.00 e. The zero-order valence-electron chi connectivity index (χ0n) is 7.51. The van der Waals surface area contributed by atoms with Gasteiger partial charge in [0, 0.05) is 6.07 Å². The second-order valence-electron chi connectivity index (χ2n) is 2.71. The molecular formula is C9H9IN2OS. The van der Waals surface area contributed by atoms with Crippen LogP contribution in [0.15, 0.2) is 29.4 Å². The first-order valence-corrected chi connectivity index (χ1v) is 4.69. The number of hydrogen-bond acceptors (Lipinski definition) is 3. The number of aromatic nitrogens is 1. The molecule has 0 aliphatic rings. The normalized spacial score (nSPS) is 10.6. The van der Waals surface area contributed by atoms with Gasteiger partial charge < -0.3 is 29.2 Å². The minimum atomic E-state index is 0. The lowest BCUT2D eigenvalue weighted by atomic mass is 10.3. The molecule has 3 nitrogen and oxygen atoms in total. The van der Waals surface area contributed by atoms with Gasteiger partial charge in [0.25, 0.3) is 5.01 Å². The summed E-state index contributed by atoms with van der Waals surface area (Å²) < 4.78 is 3.19. The molecule has 0 unspecified atom stereocenters. The minimum Gasteiger partial charge on any atom is -1.00 e. The Hall–Kier alpha value is -0.690. The van der Waals surface area contributed by atoms with Gasteiger partial charge in [0.1, 0.15) is 18.0 Å². The van der Waals surface area contributed by atoms with Gasteiger partial charge in [0.15, 0.2) is 0 Å². The van der Waals surface area contributed by atoms with Gasteiger partial charge in [-0.25, -0.2) is 0 Å². The lowest BCUT2D eigenvalue weighted by Gasteiger charge is -1.83. The maximum Gasteiger partial charge on any atom is 0.284 e. The van der Waals surface area contributed by atoms with Gasteiger partial charge in [-0.15, -0.1) is 0 Å². The van der Waals surface area contributed by atoms with Gasteiger partial charge in [0.05, 0.1) is 0 Å². The number of para-hydroxylation sites is 1. The molecule has 0 aliphatic carbocycles. The summed E-state index contributed by atoms with van der Waals surface area (Å²) in [5, 5.41) is 12.4.